The maximum absolute atomic E-state index is 13.5. The molecule has 0 aliphatic rings. The van der Waals surface area contributed by atoms with E-state index in [0.29, 0.717) is 40.1 Å². The number of carbonyl (C=O) groups excluding carboxylic acids is 2. The molecular formula is C27H29N5O2. The maximum Gasteiger partial charge on any atom is 0.256 e. The first-order valence-electron chi connectivity index (χ1n) is 11.4. The average molecular weight is 456 g/mol. The fourth-order valence-corrected chi connectivity index (χ4v) is 3.81. The second kappa shape index (κ2) is 9.47. The summed E-state index contributed by atoms with van der Waals surface area (Å²) in [7, 11) is 0. The van der Waals surface area contributed by atoms with Crippen LogP contribution in [-0.4, -0.2) is 33.1 Å². The van der Waals surface area contributed by atoms with Crippen LogP contribution in [0.4, 0.5) is 5.69 Å². The Bertz CT molecular complexity index is 1370. The molecule has 0 atom stereocenters. The lowest BCUT2D eigenvalue weighted by atomic mass is 10.0. The Morgan fingerprint density at radius 1 is 1.00 bits per heavy atom. The third-order valence-electron chi connectivity index (χ3n) is 5.73. The number of fused-ring (bicyclic) bond motifs is 1. The predicted octanol–water partition coefficient (Wildman–Crippen LogP) is 5.30. The second-order valence-electron chi connectivity index (χ2n) is 8.68. The lowest BCUT2D eigenvalue weighted by Crippen LogP contribution is -2.23. The number of aryl methyl sites for hydroxylation is 2. The van der Waals surface area contributed by atoms with Crippen molar-refractivity contribution in [2.75, 3.05) is 11.9 Å². The molecule has 2 aromatic carbocycles. The van der Waals surface area contributed by atoms with Gasteiger partial charge in [0.1, 0.15) is 0 Å². The molecule has 2 heterocycles. The summed E-state index contributed by atoms with van der Waals surface area (Å²) in [6.45, 7) is 10.4. The molecule has 174 valence electrons. The third kappa shape index (κ3) is 4.55. The number of rotatable bonds is 6. The molecule has 0 saturated heterocycles. The molecule has 0 radical (unpaired) electrons. The SMILES string of the molecule is CCNC(=O)c1ccc(C)c(NC(=O)c2cc(-c3ccc(C)cc3)nc3c2cnn3C(C)C)c1. The number of amides is 2. The third-order valence-corrected chi connectivity index (χ3v) is 5.73. The molecule has 4 aromatic rings. The highest BCUT2D eigenvalue weighted by molar-refractivity contribution is 6.13. The van der Waals surface area contributed by atoms with Crippen molar-refractivity contribution in [1.29, 1.82) is 0 Å². The molecule has 4 rings (SSSR count). The Morgan fingerprint density at radius 3 is 2.41 bits per heavy atom. The van der Waals surface area contributed by atoms with Gasteiger partial charge in [0.15, 0.2) is 5.65 Å². The lowest BCUT2D eigenvalue weighted by Gasteiger charge is -2.13. The fourth-order valence-electron chi connectivity index (χ4n) is 3.81. The maximum atomic E-state index is 13.5. The van der Waals surface area contributed by atoms with Crippen molar-refractivity contribution >= 4 is 28.5 Å². The monoisotopic (exact) mass is 455 g/mol. The van der Waals surface area contributed by atoms with Gasteiger partial charge in [-0.3, -0.25) is 9.59 Å². The van der Waals surface area contributed by atoms with E-state index in [1.807, 2.05) is 69.6 Å². The minimum absolute atomic E-state index is 0.0881. The first-order valence-corrected chi connectivity index (χ1v) is 11.4. The summed E-state index contributed by atoms with van der Waals surface area (Å²) in [5, 5.41) is 11.0. The van der Waals surface area contributed by atoms with Crippen LogP contribution in [0.5, 0.6) is 0 Å². The normalized spacial score (nSPS) is 11.1. The molecule has 2 N–H and O–H groups in total. The van der Waals surface area contributed by atoms with Crippen molar-refractivity contribution in [2.45, 2.75) is 40.7 Å². The van der Waals surface area contributed by atoms with Crippen molar-refractivity contribution < 1.29 is 9.59 Å². The van der Waals surface area contributed by atoms with Crippen LogP contribution in [0, 0.1) is 13.8 Å². The summed E-state index contributed by atoms with van der Waals surface area (Å²) in [5.41, 5.74) is 5.87. The summed E-state index contributed by atoms with van der Waals surface area (Å²) >= 11 is 0. The van der Waals surface area contributed by atoms with Gasteiger partial charge in [-0.05, 0) is 58.4 Å². The van der Waals surface area contributed by atoms with Crippen molar-refractivity contribution in [3.05, 3.63) is 77.0 Å². The number of hydrogen-bond donors (Lipinski definition) is 2. The zero-order valence-corrected chi connectivity index (χ0v) is 20.1. The van der Waals surface area contributed by atoms with Gasteiger partial charge >= 0.3 is 0 Å². The molecule has 0 aliphatic heterocycles. The molecule has 0 unspecified atom stereocenters. The van der Waals surface area contributed by atoms with E-state index in [2.05, 4.69) is 15.7 Å². The fraction of sp³-hybridized carbons (Fsp3) is 0.259. The number of aromatic nitrogens is 3. The first kappa shape index (κ1) is 23.2. The summed E-state index contributed by atoms with van der Waals surface area (Å²) in [4.78, 5) is 30.7. The number of benzene rings is 2. The van der Waals surface area contributed by atoms with E-state index >= 15 is 0 Å². The van der Waals surface area contributed by atoms with Crippen LogP contribution in [0.3, 0.4) is 0 Å². The molecule has 7 nitrogen and oxygen atoms in total. The summed E-state index contributed by atoms with van der Waals surface area (Å²) in [5.74, 6) is -0.454. The van der Waals surface area contributed by atoms with E-state index in [-0.39, 0.29) is 17.9 Å². The summed E-state index contributed by atoms with van der Waals surface area (Å²) in [6.07, 6.45) is 1.69. The summed E-state index contributed by atoms with van der Waals surface area (Å²) < 4.78 is 1.82. The van der Waals surface area contributed by atoms with Crippen LogP contribution in [0.15, 0.2) is 54.7 Å². The molecule has 0 saturated carbocycles. The summed E-state index contributed by atoms with van der Waals surface area (Å²) in [6, 6.07) is 15.2. The van der Waals surface area contributed by atoms with Crippen LogP contribution in [-0.2, 0) is 0 Å². The predicted molar refractivity (Wildman–Crippen MR) is 135 cm³/mol. The van der Waals surface area contributed by atoms with E-state index in [4.69, 9.17) is 4.98 Å². The van der Waals surface area contributed by atoms with Gasteiger partial charge in [-0.2, -0.15) is 5.10 Å². The Morgan fingerprint density at radius 2 is 1.74 bits per heavy atom. The highest BCUT2D eigenvalue weighted by atomic mass is 16.2. The van der Waals surface area contributed by atoms with Crippen molar-refractivity contribution in [2.24, 2.45) is 0 Å². The Balaban J connectivity index is 1.79. The molecule has 0 aliphatic carbocycles. The topological polar surface area (TPSA) is 88.9 Å². The number of nitrogens with zero attached hydrogens (tertiary/aromatic N) is 3. The standard InChI is InChI=1S/C27H29N5O2/c1-6-28-26(33)20-12-9-18(5)23(13-20)31-27(34)21-14-24(19-10-7-17(4)8-11-19)30-25-22(21)15-29-32(25)16(2)3/h7-16H,6H2,1-5H3,(H,28,33)(H,31,34). The van der Waals surface area contributed by atoms with Crippen molar-refractivity contribution in [3.8, 4) is 11.3 Å². The van der Waals surface area contributed by atoms with Crippen LogP contribution in [0.25, 0.3) is 22.3 Å². The molecule has 0 spiro atoms. The highest BCUT2D eigenvalue weighted by Gasteiger charge is 2.19. The van der Waals surface area contributed by atoms with Gasteiger partial charge in [0.2, 0.25) is 0 Å². The smallest absolute Gasteiger partial charge is 0.256 e. The van der Waals surface area contributed by atoms with E-state index in [0.717, 1.165) is 16.7 Å². The minimum Gasteiger partial charge on any atom is -0.352 e. The van der Waals surface area contributed by atoms with Crippen LogP contribution >= 0.6 is 0 Å². The number of hydrogen-bond acceptors (Lipinski definition) is 4. The van der Waals surface area contributed by atoms with Gasteiger partial charge < -0.3 is 10.6 Å². The van der Waals surface area contributed by atoms with E-state index < -0.39 is 0 Å². The Labute approximate surface area is 199 Å². The minimum atomic E-state index is -0.278. The van der Waals surface area contributed by atoms with Crippen molar-refractivity contribution in [3.63, 3.8) is 0 Å². The zero-order chi connectivity index (χ0) is 24.4. The Kier molecular flexibility index (Phi) is 6.45. The van der Waals surface area contributed by atoms with Gasteiger partial charge in [-0.25, -0.2) is 9.67 Å². The molecule has 0 fully saturated rings. The molecular weight excluding hydrogens is 426 g/mol. The zero-order valence-electron chi connectivity index (χ0n) is 20.1. The number of pyridine rings is 1. The number of nitrogens with one attached hydrogen (secondary N) is 2. The van der Waals surface area contributed by atoms with Gasteiger partial charge in [0.25, 0.3) is 11.8 Å². The van der Waals surface area contributed by atoms with Gasteiger partial charge in [-0.15, -0.1) is 0 Å². The van der Waals surface area contributed by atoms with Crippen LogP contribution < -0.4 is 10.6 Å². The van der Waals surface area contributed by atoms with Gasteiger partial charge in [-0.1, -0.05) is 35.9 Å². The van der Waals surface area contributed by atoms with E-state index in [1.165, 1.54) is 0 Å². The highest BCUT2D eigenvalue weighted by Crippen LogP contribution is 2.28. The van der Waals surface area contributed by atoms with E-state index in [1.54, 1.807) is 24.4 Å². The number of anilines is 1. The van der Waals surface area contributed by atoms with E-state index in [9.17, 15) is 9.59 Å². The molecule has 2 aromatic heterocycles. The lowest BCUT2D eigenvalue weighted by molar-refractivity contribution is 0.0954. The largest absolute Gasteiger partial charge is 0.352 e. The van der Waals surface area contributed by atoms with Gasteiger partial charge in [0.05, 0.1) is 22.8 Å². The second-order valence-corrected chi connectivity index (χ2v) is 8.68. The van der Waals surface area contributed by atoms with Crippen LogP contribution in [0.2, 0.25) is 0 Å². The molecule has 0 bridgehead atoms. The number of carbonyl (C=O) groups is 2. The first-order chi connectivity index (χ1) is 16.3. The average Bonchev–Trinajstić information content (AvgIpc) is 3.25. The Hall–Kier alpha value is -4.00. The van der Waals surface area contributed by atoms with Gasteiger partial charge in [0, 0.05) is 29.4 Å². The quantitative estimate of drug-likeness (QED) is 0.413. The van der Waals surface area contributed by atoms with Crippen molar-refractivity contribution in [1.82, 2.24) is 20.1 Å². The molecule has 34 heavy (non-hydrogen) atoms. The van der Waals surface area contributed by atoms with Crippen LogP contribution in [0.1, 0.15) is 58.7 Å². The molecule has 2 amide bonds. The molecule has 7 heteroatoms.